The lowest BCUT2D eigenvalue weighted by Crippen LogP contribution is -2.62. The Labute approximate surface area is 211 Å². The Morgan fingerprint density at radius 1 is 1.08 bits per heavy atom. The summed E-state index contributed by atoms with van der Waals surface area (Å²) in [5.74, 6) is 0.355. The van der Waals surface area contributed by atoms with Gasteiger partial charge in [-0.1, -0.05) is 60.7 Å². The summed E-state index contributed by atoms with van der Waals surface area (Å²) in [6.07, 6.45) is -0.591. The number of hydrogen-bond acceptors (Lipinski definition) is 8. The van der Waals surface area contributed by atoms with Gasteiger partial charge in [0.1, 0.15) is 18.8 Å². The van der Waals surface area contributed by atoms with Crippen LogP contribution >= 0.6 is 0 Å². The van der Waals surface area contributed by atoms with Gasteiger partial charge in [0.15, 0.2) is 5.84 Å². The number of carbonyl (C=O) groups excluding carboxylic acids is 2. The van der Waals surface area contributed by atoms with E-state index in [-0.39, 0.29) is 31.4 Å². The van der Waals surface area contributed by atoms with Gasteiger partial charge >= 0.3 is 6.09 Å². The fourth-order valence-corrected chi connectivity index (χ4v) is 4.02. The Bertz CT molecular complexity index is 1060. The monoisotopic (exact) mass is 494 g/mol. The number of piperazine rings is 1. The highest BCUT2D eigenvalue weighted by molar-refractivity contribution is 5.95. The van der Waals surface area contributed by atoms with Gasteiger partial charge in [0, 0.05) is 13.1 Å². The fraction of sp³-hybridized carbons (Fsp3) is 0.423. The lowest BCUT2D eigenvalue weighted by Gasteiger charge is -2.39. The van der Waals surface area contributed by atoms with Crippen molar-refractivity contribution in [1.29, 1.82) is 0 Å². The normalized spacial score (nSPS) is 18.1. The Morgan fingerprint density at radius 2 is 1.72 bits per heavy atom. The highest BCUT2D eigenvalue weighted by Gasteiger charge is 2.39. The molecule has 36 heavy (non-hydrogen) atoms. The molecule has 0 bridgehead atoms. The molecule has 1 fully saturated rings. The van der Waals surface area contributed by atoms with E-state index in [9.17, 15) is 9.59 Å². The summed E-state index contributed by atoms with van der Waals surface area (Å²) in [4.78, 5) is 29.1. The molecule has 4 N–H and O–H groups in total. The summed E-state index contributed by atoms with van der Waals surface area (Å²) in [6, 6.07) is 18.9. The van der Waals surface area contributed by atoms with E-state index >= 15 is 0 Å². The summed E-state index contributed by atoms with van der Waals surface area (Å²) >= 11 is 0. The molecule has 1 unspecified atom stereocenters. The average molecular weight is 495 g/mol. The Balaban J connectivity index is 1.35. The molecule has 0 radical (unpaired) electrons. The molecule has 0 saturated carbocycles. The molecule has 10 nitrogen and oxygen atoms in total. The molecular formula is C26H34N6O4. The third-order valence-corrected chi connectivity index (χ3v) is 6.06. The maximum Gasteiger partial charge on any atom is 0.410 e. The van der Waals surface area contributed by atoms with E-state index in [1.165, 1.54) is 0 Å². The van der Waals surface area contributed by atoms with Crippen molar-refractivity contribution in [3.63, 3.8) is 0 Å². The molecule has 2 aliphatic heterocycles. The van der Waals surface area contributed by atoms with Crippen LogP contribution in [0.5, 0.6) is 0 Å². The molecule has 2 heterocycles. The maximum absolute atomic E-state index is 12.7. The second-order valence-corrected chi connectivity index (χ2v) is 9.54. The number of hydrazone groups is 1. The van der Waals surface area contributed by atoms with Gasteiger partial charge in [-0.2, -0.15) is 5.10 Å². The number of nitrogens with two attached hydrogens (primary N) is 1. The van der Waals surface area contributed by atoms with Gasteiger partial charge in [-0.05, 0) is 25.0 Å². The number of rotatable bonds is 9. The SMILES string of the molecule is CC(C)(N)C(=O)N[C@H](COCc1ccccc1)C1=NNC2CN(C(=O)OCc3ccccc3)CCN12. The summed E-state index contributed by atoms with van der Waals surface area (Å²) in [7, 11) is 0. The van der Waals surface area contributed by atoms with E-state index in [2.05, 4.69) is 20.7 Å². The number of amides is 2. The molecule has 192 valence electrons. The van der Waals surface area contributed by atoms with Crippen LogP contribution in [0.15, 0.2) is 65.8 Å². The van der Waals surface area contributed by atoms with Crippen molar-refractivity contribution >= 4 is 17.8 Å². The third kappa shape index (κ3) is 6.52. The van der Waals surface area contributed by atoms with E-state index in [4.69, 9.17) is 15.2 Å². The molecule has 2 aromatic rings. The van der Waals surface area contributed by atoms with Crippen molar-refractivity contribution in [1.82, 2.24) is 20.5 Å². The molecule has 4 rings (SSSR count). The van der Waals surface area contributed by atoms with Crippen molar-refractivity contribution < 1.29 is 19.1 Å². The minimum atomic E-state index is -1.05. The number of hydrogen-bond donors (Lipinski definition) is 3. The van der Waals surface area contributed by atoms with E-state index in [0.717, 1.165) is 11.1 Å². The zero-order chi connectivity index (χ0) is 25.5. The van der Waals surface area contributed by atoms with Crippen molar-refractivity contribution in [3.05, 3.63) is 71.8 Å². The molecule has 1 saturated heterocycles. The van der Waals surface area contributed by atoms with Crippen molar-refractivity contribution in [2.75, 3.05) is 26.2 Å². The molecular weight excluding hydrogens is 460 g/mol. The zero-order valence-corrected chi connectivity index (χ0v) is 20.7. The molecule has 0 aromatic heterocycles. The third-order valence-electron chi connectivity index (χ3n) is 6.06. The van der Waals surface area contributed by atoms with Gasteiger partial charge in [-0.15, -0.1) is 0 Å². The molecule has 2 atom stereocenters. The van der Waals surface area contributed by atoms with Gasteiger partial charge in [-0.3, -0.25) is 10.2 Å². The van der Waals surface area contributed by atoms with Crippen LogP contribution in [0.4, 0.5) is 4.79 Å². The van der Waals surface area contributed by atoms with E-state index in [1.54, 1.807) is 18.7 Å². The van der Waals surface area contributed by atoms with Crippen LogP contribution in [0.25, 0.3) is 0 Å². The highest BCUT2D eigenvalue weighted by Crippen LogP contribution is 2.18. The Kier molecular flexibility index (Phi) is 8.07. The number of ether oxygens (including phenoxy) is 2. The van der Waals surface area contributed by atoms with Crippen LogP contribution in [0.3, 0.4) is 0 Å². The van der Waals surface area contributed by atoms with E-state index < -0.39 is 11.6 Å². The predicted molar refractivity (Wildman–Crippen MR) is 136 cm³/mol. The maximum atomic E-state index is 12.7. The van der Waals surface area contributed by atoms with Crippen LogP contribution in [0, 0.1) is 0 Å². The smallest absolute Gasteiger partial charge is 0.410 e. The predicted octanol–water partition coefficient (Wildman–Crippen LogP) is 1.62. The van der Waals surface area contributed by atoms with Crippen LogP contribution < -0.4 is 16.5 Å². The van der Waals surface area contributed by atoms with Crippen LogP contribution in [0.1, 0.15) is 25.0 Å². The minimum Gasteiger partial charge on any atom is -0.445 e. The minimum absolute atomic E-state index is 0.224. The number of benzene rings is 2. The lowest BCUT2D eigenvalue weighted by molar-refractivity contribution is -0.126. The lowest BCUT2D eigenvalue weighted by atomic mass is 10.1. The van der Waals surface area contributed by atoms with E-state index in [1.807, 2.05) is 60.7 Å². The first-order valence-electron chi connectivity index (χ1n) is 12.1. The number of fused-ring (bicyclic) bond motifs is 1. The van der Waals surface area contributed by atoms with Crippen molar-refractivity contribution in [3.8, 4) is 0 Å². The number of amidine groups is 1. The standard InChI is InChI=1S/C26H34N6O4/c1-26(2,27)24(33)28-21(18-35-16-19-9-5-3-6-10-19)23-30-29-22-15-31(13-14-32(22)23)25(34)36-17-20-11-7-4-8-12-20/h3-12,21-22,29H,13-18,27H2,1-2H3,(H,28,33)/t21-,22?/m1/s1. The van der Waals surface area contributed by atoms with E-state index in [0.29, 0.717) is 32.1 Å². The van der Waals surface area contributed by atoms with Crippen LogP contribution in [-0.2, 0) is 27.5 Å². The highest BCUT2D eigenvalue weighted by atomic mass is 16.6. The van der Waals surface area contributed by atoms with Gasteiger partial charge in [0.25, 0.3) is 0 Å². The van der Waals surface area contributed by atoms with Crippen molar-refractivity contribution in [2.24, 2.45) is 10.8 Å². The molecule has 2 aliphatic rings. The van der Waals surface area contributed by atoms with Gasteiger partial charge in [0.05, 0.1) is 25.3 Å². The summed E-state index contributed by atoms with van der Waals surface area (Å²) < 4.78 is 11.4. The van der Waals surface area contributed by atoms with Gasteiger partial charge in [-0.25, -0.2) is 4.79 Å². The van der Waals surface area contributed by atoms with Gasteiger partial charge in [0.2, 0.25) is 5.91 Å². The summed E-state index contributed by atoms with van der Waals surface area (Å²) in [5, 5.41) is 7.49. The first kappa shape index (κ1) is 25.5. The van der Waals surface area contributed by atoms with Crippen LogP contribution in [0.2, 0.25) is 0 Å². The Hall–Kier alpha value is -3.63. The summed E-state index contributed by atoms with van der Waals surface area (Å²) in [5.41, 5.74) is 10.0. The first-order valence-corrected chi connectivity index (χ1v) is 12.1. The first-order chi connectivity index (χ1) is 17.3. The summed E-state index contributed by atoms with van der Waals surface area (Å²) in [6.45, 7) is 5.57. The average Bonchev–Trinajstić information content (AvgIpc) is 3.30. The molecule has 2 aromatic carbocycles. The number of nitrogens with one attached hydrogen (secondary N) is 2. The topological polar surface area (TPSA) is 122 Å². The molecule has 0 aliphatic carbocycles. The second-order valence-electron chi connectivity index (χ2n) is 9.54. The second kappa shape index (κ2) is 11.4. The van der Waals surface area contributed by atoms with Gasteiger partial charge < -0.3 is 30.3 Å². The zero-order valence-electron chi connectivity index (χ0n) is 20.7. The number of nitrogens with zero attached hydrogens (tertiary/aromatic N) is 3. The quantitative estimate of drug-likeness (QED) is 0.484. The fourth-order valence-electron chi connectivity index (χ4n) is 4.02. The largest absolute Gasteiger partial charge is 0.445 e. The van der Waals surface area contributed by atoms with Crippen LogP contribution in [-0.4, -0.2) is 71.6 Å². The Morgan fingerprint density at radius 3 is 2.36 bits per heavy atom. The van der Waals surface area contributed by atoms with Crippen molar-refractivity contribution in [2.45, 2.75) is 44.8 Å². The molecule has 2 amide bonds. The molecule has 10 heteroatoms. The molecule has 0 spiro atoms. The number of carbonyl (C=O) groups is 2.